The molecule has 0 aromatic rings. The molecular weight excluding hydrogens is 122 g/mol. The highest BCUT2D eigenvalue weighted by Crippen LogP contribution is 2.39. The molecule has 0 amide bonds. The standard InChI is InChI=1S/C5H11NOS/c1-8(7)5(4-6)2-3-5/h2-4,6H2,1H3/t8-/m0/s1. The van der Waals surface area contributed by atoms with Crippen LogP contribution in [0.15, 0.2) is 0 Å². The fourth-order valence-electron chi connectivity index (χ4n) is 0.748. The number of rotatable bonds is 2. The Morgan fingerprint density at radius 3 is 2.25 bits per heavy atom. The van der Waals surface area contributed by atoms with E-state index in [9.17, 15) is 4.21 Å². The van der Waals surface area contributed by atoms with Crippen LogP contribution >= 0.6 is 0 Å². The van der Waals surface area contributed by atoms with E-state index in [4.69, 9.17) is 5.73 Å². The third-order valence-corrected chi connectivity index (χ3v) is 3.58. The zero-order valence-electron chi connectivity index (χ0n) is 5.02. The van der Waals surface area contributed by atoms with E-state index in [1.165, 1.54) is 0 Å². The van der Waals surface area contributed by atoms with Gasteiger partial charge in [0.25, 0.3) is 0 Å². The SMILES string of the molecule is C[S@](=O)C1(CN)CC1. The van der Waals surface area contributed by atoms with Gasteiger partial charge in [-0.25, -0.2) is 0 Å². The second-order valence-corrected chi connectivity index (χ2v) is 4.12. The van der Waals surface area contributed by atoms with Gasteiger partial charge < -0.3 is 5.73 Å². The monoisotopic (exact) mass is 133 g/mol. The molecule has 8 heavy (non-hydrogen) atoms. The minimum absolute atomic E-state index is 0.0417. The van der Waals surface area contributed by atoms with Crippen molar-refractivity contribution in [1.29, 1.82) is 0 Å². The largest absolute Gasteiger partial charge is 0.329 e. The van der Waals surface area contributed by atoms with Gasteiger partial charge in [0.1, 0.15) is 0 Å². The molecule has 0 aromatic carbocycles. The third kappa shape index (κ3) is 0.801. The predicted molar refractivity (Wildman–Crippen MR) is 35.1 cm³/mol. The molecule has 1 aliphatic rings. The zero-order chi connectivity index (χ0) is 6.20. The van der Waals surface area contributed by atoms with Gasteiger partial charge in [0.2, 0.25) is 0 Å². The number of nitrogens with two attached hydrogens (primary N) is 1. The van der Waals surface area contributed by atoms with Crippen LogP contribution in [0.4, 0.5) is 0 Å². The molecule has 1 atom stereocenters. The lowest BCUT2D eigenvalue weighted by atomic mass is 10.4. The van der Waals surface area contributed by atoms with E-state index in [2.05, 4.69) is 0 Å². The maximum absolute atomic E-state index is 10.8. The maximum Gasteiger partial charge on any atom is 0.0579 e. The molecule has 0 bridgehead atoms. The Kier molecular flexibility index (Phi) is 1.41. The first-order valence-corrected chi connectivity index (χ1v) is 4.31. The molecule has 0 aliphatic heterocycles. The summed E-state index contributed by atoms with van der Waals surface area (Å²) in [6.07, 6.45) is 3.86. The summed E-state index contributed by atoms with van der Waals surface area (Å²) < 4.78 is 10.8. The first-order valence-electron chi connectivity index (χ1n) is 2.75. The molecule has 48 valence electrons. The second kappa shape index (κ2) is 1.81. The van der Waals surface area contributed by atoms with Crippen molar-refractivity contribution < 1.29 is 4.21 Å². The Morgan fingerprint density at radius 2 is 2.25 bits per heavy atom. The molecule has 0 radical (unpaired) electrons. The van der Waals surface area contributed by atoms with Gasteiger partial charge in [0.05, 0.1) is 4.75 Å². The molecule has 1 aliphatic carbocycles. The van der Waals surface area contributed by atoms with Crippen LogP contribution in [0.5, 0.6) is 0 Å². The lowest BCUT2D eigenvalue weighted by Crippen LogP contribution is -2.26. The molecule has 1 rings (SSSR count). The summed E-state index contributed by atoms with van der Waals surface area (Å²) in [5, 5.41) is 0. The third-order valence-electron chi connectivity index (χ3n) is 1.79. The van der Waals surface area contributed by atoms with Crippen molar-refractivity contribution in [3.05, 3.63) is 0 Å². The Labute approximate surface area is 51.9 Å². The van der Waals surface area contributed by atoms with E-state index in [0.29, 0.717) is 6.54 Å². The van der Waals surface area contributed by atoms with Gasteiger partial charge in [0.15, 0.2) is 0 Å². The van der Waals surface area contributed by atoms with Gasteiger partial charge in [0, 0.05) is 23.6 Å². The van der Waals surface area contributed by atoms with Crippen LogP contribution in [-0.2, 0) is 10.8 Å². The predicted octanol–water partition coefficient (Wildman–Crippen LogP) is -0.144. The van der Waals surface area contributed by atoms with Crippen molar-refractivity contribution in [3.8, 4) is 0 Å². The minimum atomic E-state index is -0.690. The van der Waals surface area contributed by atoms with Crippen LogP contribution < -0.4 is 5.73 Å². The zero-order valence-corrected chi connectivity index (χ0v) is 5.83. The molecule has 0 heterocycles. The highest BCUT2D eigenvalue weighted by atomic mass is 32.2. The van der Waals surface area contributed by atoms with E-state index >= 15 is 0 Å². The summed E-state index contributed by atoms with van der Waals surface area (Å²) in [6, 6.07) is 0. The normalized spacial score (nSPS) is 27.2. The quantitative estimate of drug-likeness (QED) is 0.569. The van der Waals surface area contributed by atoms with Crippen LogP contribution in [0.2, 0.25) is 0 Å². The van der Waals surface area contributed by atoms with E-state index in [1.807, 2.05) is 0 Å². The van der Waals surface area contributed by atoms with Crippen LogP contribution in [-0.4, -0.2) is 21.8 Å². The topological polar surface area (TPSA) is 43.1 Å². The Hall–Kier alpha value is 0.110. The van der Waals surface area contributed by atoms with Gasteiger partial charge in [-0.1, -0.05) is 0 Å². The molecule has 0 spiro atoms. The van der Waals surface area contributed by atoms with Crippen LogP contribution in [0.25, 0.3) is 0 Å². The van der Waals surface area contributed by atoms with Gasteiger partial charge >= 0.3 is 0 Å². The maximum atomic E-state index is 10.8. The number of hydrogen-bond donors (Lipinski definition) is 1. The lowest BCUT2D eigenvalue weighted by molar-refractivity contribution is 0.672. The van der Waals surface area contributed by atoms with Crippen molar-refractivity contribution in [2.45, 2.75) is 17.6 Å². The highest BCUT2D eigenvalue weighted by Gasteiger charge is 2.45. The summed E-state index contributed by atoms with van der Waals surface area (Å²) in [6.45, 7) is 0.593. The first-order chi connectivity index (χ1) is 3.71. The summed E-state index contributed by atoms with van der Waals surface area (Å²) >= 11 is 0. The smallest absolute Gasteiger partial charge is 0.0579 e. The summed E-state index contributed by atoms with van der Waals surface area (Å²) in [5.74, 6) is 0. The Morgan fingerprint density at radius 1 is 1.75 bits per heavy atom. The van der Waals surface area contributed by atoms with Crippen molar-refractivity contribution in [3.63, 3.8) is 0 Å². The molecule has 1 fully saturated rings. The Bertz CT molecular complexity index is 120. The first kappa shape index (κ1) is 6.23. The van der Waals surface area contributed by atoms with Gasteiger partial charge in [-0.05, 0) is 12.8 Å². The van der Waals surface area contributed by atoms with E-state index in [-0.39, 0.29) is 4.75 Å². The lowest BCUT2D eigenvalue weighted by Gasteiger charge is -2.05. The molecular formula is C5H11NOS. The van der Waals surface area contributed by atoms with Crippen molar-refractivity contribution in [2.24, 2.45) is 5.73 Å². The van der Waals surface area contributed by atoms with Gasteiger partial charge in [-0.2, -0.15) is 0 Å². The average molecular weight is 133 g/mol. The van der Waals surface area contributed by atoms with Crippen LogP contribution in [0, 0.1) is 0 Å². The minimum Gasteiger partial charge on any atom is -0.329 e. The highest BCUT2D eigenvalue weighted by molar-refractivity contribution is 7.86. The molecule has 3 heteroatoms. The van der Waals surface area contributed by atoms with Crippen LogP contribution in [0.1, 0.15) is 12.8 Å². The summed E-state index contributed by atoms with van der Waals surface area (Å²) in [4.78, 5) is 0. The van der Waals surface area contributed by atoms with Gasteiger partial charge in [-0.3, -0.25) is 4.21 Å². The van der Waals surface area contributed by atoms with Crippen molar-refractivity contribution in [1.82, 2.24) is 0 Å². The molecule has 0 saturated heterocycles. The molecule has 1 saturated carbocycles. The van der Waals surface area contributed by atoms with Crippen molar-refractivity contribution >= 4 is 10.8 Å². The van der Waals surface area contributed by atoms with Crippen LogP contribution in [0.3, 0.4) is 0 Å². The van der Waals surface area contributed by atoms with Gasteiger partial charge in [-0.15, -0.1) is 0 Å². The average Bonchev–Trinajstić information content (AvgIpc) is 2.44. The fourth-order valence-corrected chi connectivity index (χ4v) is 1.66. The summed E-state index contributed by atoms with van der Waals surface area (Å²) in [7, 11) is -0.690. The molecule has 2 nitrogen and oxygen atoms in total. The van der Waals surface area contributed by atoms with E-state index < -0.39 is 10.8 Å². The molecule has 0 unspecified atom stereocenters. The fraction of sp³-hybridized carbons (Fsp3) is 1.00. The summed E-state index contributed by atoms with van der Waals surface area (Å²) in [5.41, 5.74) is 5.38. The van der Waals surface area contributed by atoms with Crippen molar-refractivity contribution in [2.75, 3.05) is 12.8 Å². The number of hydrogen-bond acceptors (Lipinski definition) is 2. The van der Waals surface area contributed by atoms with E-state index in [0.717, 1.165) is 12.8 Å². The van der Waals surface area contributed by atoms with E-state index in [1.54, 1.807) is 6.26 Å². The molecule has 2 N–H and O–H groups in total. The second-order valence-electron chi connectivity index (χ2n) is 2.34. The Balaban J connectivity index is 2.53. The molecule has 0 aromatic heterocycles.